The molecule has 3 N–H and O–H groups in total. The van der Waals surface area contributed by atoms with Crippen LogP contribution in [0.15, 0.2) is 53.5 Å². The molecule has 164 valence electrons. The average Bonchev–Trinajstić information content (AvgIpc) is 2.70. The molecule has 0 aliphatic rings. The predicted octanol–water partition coefficient (Wildman–Crippen LogP) is 4.16. The van der Waals surface area contributed by atoms with Crippen LogP contribution in [-0.2, 0) is 24.3 Å². The van der Waals surface area contributed by atoms with Crippen LogP contribution in [0.1, 0.15) is 30.0 Å². The molecule has 0 saturated heterocycles. The van der Waals surface area contributed by atoms with E-state index in [1.165, 1.54) is 0 Å². The van der Waals surface area contributed by atoms with Crippen LogP contribution < -0.4 is 10.6 Å². The van der Waals surface area contributed by atoms with Crippen LogP contribution in [-0.4, -0.2) is 36.9 Å². The summed E-state index contributed by atoms with van der Waals surface area (Å²) >= 11 is 0. The minimum Gasteiger partial charge on any atom is -0.508 e. The van der Waals surface area contributed by atoms with Crippen LogP contribution in [0.2, 0.25) is 0 Å². The van der Waals surface area contributed by atoms with Crippen molar-refractivity contribution < 1.29 is 23.0 Å². The maximum absolute atomic E-state index is 12.1. The van der Waals surface area contributed by atoms with Gasteiger partial charge in [-0.05, 0) is 48.6 Å². The Morgan fingerprint density at radius 1 is 0.967 bits per heavy atom. The van der Waals surface area contributed by atoms with Crippen molar-refractivity contribution in [2.24, 2.45) is 4.99 Å². The summed E-state index contributed by atoms with van der Waals surface area (Å²) in [7, 11) is 0. The molecule has 0 aromatic heterocycles. The Morgan fingerprint density at radius 2 is 1.60 bits per heavy atom. The molecule has 2 aromatic carbocycles. The fraction of sp³-hybridized carbons (Fsp3) is 0.409. The van der Waals surface area contributed by atoms with E-state index in [-0.39, 0.29) is 12.4 Å². The third-order valence-electron chi connectivity index (χ3n) is 4.19. The van der Waals surface area contributed by atoms with Gasteiger partial charge in [-0.25, -0.2) is 4.99 Å². The molecule has 0 spiro atoms. The quantitative estimate of drug-likeness (QED) is 0.305. The molecule has 0 aliphatic heterocycles. The SMILES string of the molecule is CCNC(=NCc1ccc(COCC(F)(F)F)cc1)NCCCc1ccc(O)cc1. The minimum absolute atomic E-state index is 0.0751. The maximum Gasteiger partial charge on any atom is 0.411 e. The Balaban J connectivity index is 1.76. The van der Waals surface area contributed by atoms with Gasteiger partial charge in [-0.1, -0.05) is 36.4 Å². The number of aryl methyl sites for hydroxylation is 1. The smallest absolute Gasteiger partial charge is 0.411 e. The van der Waals surface area contributed by atoms with Crippen molar-refractivity contribution in [3.8, 4) is 5.75 Å². The van der Waals surface area contributed by atoms with Gasteiger partial charge in [-0.2, -0.15) is 13.2 Å². The van der Waals surface area contributed by atoms with Crippen LogP contribution in [0, 0.1) is 0 Å². The molecule has 2 aromatic rings. The van der Waals surface area contributed by atoms with Gasteiger partial charge in [-0.3, -0.25) is 0 Å². The summed E-state index contributed by atoms with van der Waals surface area (Å²) in [4.78, 5) is 4.55. The first-order valence-corrected chi connectivity index (χ1v) is 9.88. The average molecular weight is 423 g/mol. The summed E-state index contributed by atoms with van der Waals surface area (Å²) in [5.74, 6) is 0.973. The number of rotatable bonds is 10. The Bertz CT molecular complexity index is 776. The lowest BCUT2D eigenvalue weighted by Crippen LogP contribution is -2.37. The van der Waals surface area contributed by atoms with E-state index in [0.29, 0.717) is 18.1 Å². The first kappa shape index (κ1) is 23.5. The summed E-state index contributed by atoms with van der Waals surface area (Å²) < 4.78 is 41.0. The predicted molar refractivity (Wildman–Crippen MR) is 111 cm³/mol. The minimum atomic E-state index is -4.31. The topological polar surface area (TPSA) is 65.9 Å². The van der Waals surface area contributed by atoms with Crippen molar-refractivity contribution in [3.63, 3.8) is 0 Å². The van der Waals surface area contributed by atoms with Gasteiger partial charge >= 0.3 is 6.18 Å². The zero-order valence-corrected chi connectivity index (χ0v) is 17.0. The van der Waals surface area contributed by atoms with Crippen LogP contribution in [0.5, 0.6) is 5.75 Å². The highest BCUT2D eigenvalue weighted by Gasteiger charge is 2.27. The maximum atomic E-state index is 12.1. The molecule has 0 bridgehead atoms. The van der Waals surface area contributed by atoms with Crippen molar-refractivity contribution in [1.29, 1.82) is 0 Å². The van der Waals surface area contributed by atoms with Gasteiger partial charge in [-0.15, -0.1) is 0 Å². The van der Waals surface area contributed by atoms with Gasteiger partial charge in [0.25, 0.3) is 0 Å². The molecule has 8 heteroatoms. The number of guanidine groups is 1. The van der Waals surface area contributed by atoms with E-state index < -0.39 is 12.8 Å². The Kier molecular flexibility index (Phi) is 9.47. The summed E-state index contributed by atoms with van der Waals surface area (Å²) in [6, 6.07) is 14.4. The number of nitrogens with one attached hydrogen (secondary N) is 2. The number of aromatic hydroxyl groups is 1. The van der Waals surface area contributed by atoms with E-state index in [1.807, 2.05) is 31.2 Å². The monoisotopic (exact) mass is 423 g/mol. The number of phenols is 1. The Morgan fingerprint density at radius 3 is 2.23 bits per heavy atom. The highest BCUT2D eigenvalue weighted by Crippen LogP contribution is 2.16. The molecule has 0 saturated carbocycles. The number of halogens is 3. The van der Waals surface area contributed by atoms with Crippen LogP contribution in [0.4, 0.5) is 13.2 Å². The lowest BCUT2D eigenvalue weighted by Gasteiger charge is -2.11. The lowest BCUT2D eigenvalue weighted by molar-refractivity contribution is -0.176. The number of ether oxygens (including phenoxy) is 1. The van der Waals surface area contributed by atoms with E-state index >= 15 is 0 Å². The number of nitrogens with zero attached hydrogens (tertiary/aromatic N) is 1. The zero-order valence-electron chi connectivity index (χ0n) is 17.0. The summed E-state index contributed by atoms with van der Waals surface area (Å²) in [5, 5.41) is 15.8. The second kappa shape index (κ2) is 12.1. The number of benzene rings is 2. The van der Waals surface area contributed by atoms with Gasteiger partial charge in [0.05, 0.1) is 13.2 Å². The molecule has 0 fully saturated rings. The largest absolute Gasteiger partial charge is 0.508 e. The molecular weight excluding hydrogens is 395 g/mol. The standard InChI is InChI=1S/C22H28F3N3O2/c1-2-26-21(27-13-3-4-17-9-11-20(29)12-10-17)28-14-18-5-7-19(8-6-18)15-30-16-22(23,24)25/h5-12,29H,2-4,13-16H2,1H3,(H2,26,27,28). The van der Waals surface area contributed by atoms with Crippen LogP contribution in [0.25, 0.3) is 0 Å². The highest BCUT2D eigenvalue weighted by molar-refractivity contribution is 5.79. The zero-order chi connectivity index (χ0) is 21.8. The Hall–Kier alpha value is -2.74. The fourth-order valence-corrected chi connectivity index (χ4v) is 2.70. The first-order valence-electron chi connectivity index (χ1n) is 9.88. The first-order chi connectivity index (χ1) is 14.4. The molecule has 0 unspecified atom stereocenters. The second-order valence-electron chi connectivity index (χ2n) is 6.82. The van der Waals surface area contributed by atoms with Crippen molar-refractivity contribution >= 4 is 5.96 Å². The summed E-state index contributed by atoms with van der Waals surface area (Å²) in [6.45, 7) is 2.61. The van der Waals surface area contributed by atoms with Gasteiger partial charge in [0.15, 0.2) is 5.96 Å². The number of hydrogen-bond donors (Lipinski definition) is 3. The van der Waals surface area contributed by atoms with Crippen molar-refractivity contribution in [2.45, 2.75) is 39.1 Å². The molecule has 30 heavy (non-hydrogen) atoms. The highest BCUT2D eigenvalue weighted by atomic mass is 19.4. The van der Waals surface area contributed by atoms with E-state index in [2.05, 4.69) is 20.4 Å². The summed E-state index contributed by atoms with van der Waals surface area (Å²) in [6.07, 6.45) is -2.50. The van der Waals surface area contributed by atoms with Gasteiger partial charge in [0.2, 0.25) is 0 Å². The number of aliphatic imine (C=N–C) groups is 1. The van der Waals surface area contributed by atoms with E-state index in [9.17, 15) is 18.3 Å². The molecule has 0 radical (unpaired) electrons. The van der Waals surface area contributed by atoms with E-state index in [0.717, 1.165) is 37.1 Å². The molecule has 0 amide bonds. The van der Waals surface area contributed by atoms with Gasteiger partial charge in [0, 0.05) is 13.1 Å². The molecule has 2 rings (SSSR count). The molecule has 0 aliphatic carbocycles. The fourth-order valence-electron chi connectivity index (χ4n) is 2.70. The third-order valence-corrected chi connectivity index (χ3v) is 4.19. The van der Waals surface area contributed by atoms with Crippen molar-refractivity contribution in [1.82, 2.24) is 10.6 Å². The molecule has 0 heterocycles. The number of hydrogen-bond acceptors (Lipinski definition) is 3. The normalized spacial score (nSPS) is 12.1. The molecule has 5 nitrogen and oxygen atoms in total. The number of alkyl halides is 3. The van der Waals surface area contributed by atoms with Crippen LogP contribution in [0.3, 0.4) is 0 Å². The van der Waals surface area contributed by atoms with Crippen molar-refractivity contribution in [2.75, 3.05) is 19.7 Å². The molecular formula is C22H28F3N3O2. The van der Waals surface area contributed by atoms with Crippen LogP contribution >= 0.6 is 0 Å². The van der Waals surface area contributed by atoms with Crippen molar-refractivity contribution in [3.05, 3.63) is 65.2 Å². The third kappa shape index (κ3) is 9.65. The summed E-state index contributed by atoms with van der Waals surface area (Å²) in [5.41, 5.74) is 2.80. The van der Waals surface area contributed by atoms with Gasteiger partial charge < -0.3 is 20.5 Å². The Labute approximate surface area is 175 Å². The van der Waals surface area contributed by atoms with Gasteiger partial charge in [0.1, 0.15) is 12.4 Å². The van der Waals surface area contributed by atoms with E-state index in [1.54, 1.807) is 24.3 Å². The molecule has 0 atom stereocenters. The second-order valence-corrected chi connectivity index (χ2v) is 6.82. The number of phenolic OH excluding ortho intramolecular Hbond substituents is 1. The van der Waals surface area contributed by atoms with E-state index in [4.69, 9.17) is 0 Å². The lowest BCUT2D eigenvalue weighted by atomic mass is 10.1.